The number of amides is 2. The molecule has 146 valence electrons. The Morgan fingerprint density at radius 1 is 1.00 bits per heavy atom. The van der Waals surface area contributed by atoms with Gasteiger partial charge in [-0.1, -0.05) is 42.5 Å². The van der Waals surface area contributed by atoms with Crippen molar-refractivity contribution in [3.8, 4) is 0 Å². The average Bonchev–Trinajstić information content (AvgIpc) is 3.37. The molecule has 2 aromatic heterocycles. The van der Waals surface area contributed by atoms with E-state index in [-0.39, 0.29) is 23.6 Å². The van der Waals surface area contributed by atoms with Gasteiger partial charge in [-0.15, -0.1) is 11.3 Å². The van der Waals surface area contributed by atoms with Crippen molar-refractivity contribution in [1.29, 1.82) is 0 Å². The van der Waals surface area contributed by atoms with Crippen molar-refractivity contribution >= 4 is 38.9 Å². The van der Waals surface area contributed by atoms with Gasteiger partial charge in [0.25, 0.3) is 11.8 Å². The van der Waals surface area contributed by atoms with Crippen LogP contribution in [0, 0.1) is 6.92 Å². The minimum Gasteiger partial charge on any atom is -0.459 e. The second kappa shape index (κ2) is 7.93. The lowest BCUT2D eigenvalue weighted by Crippen LogP contribution is -2.26. The van der Waals surface area contributed by atoms with Gasteiger partial charge in [0.15, 0.2) is 5.76 Å². The third-order valence-electron chi connectivity index (χ3n) is 4.74. The number of carbonyl (C=O) groups is 2. The molecule has 2 N–H and O–H groups in total. The van der Waals surface area contributed by atoms with Crippen LogP contribution in [0.4, 0.5) is 5.00 Å². The number of hydrogen-bond acceptors (Lipinski definition) is 4. The van der Waals surface area contributed by atoms with E-state index >= 15 is 0 Å². The zero-order chi connectivity index (χ0) is 20.4. The van der Waals surface area contributed by atoms with Crippen molar-refractivity contribution in [2.24, 2.45) is 0 Å². The van der Waals surface area contributed by atoms with Gasteiger partial charge in [0.2, 0.25) is 0 Å². The highest BCUT2D eigenvalue weighted by atomic mass is 32.1. The second-order valence-electron chi connectivity index (χ2n) is 6.82. The van der Waals surface area contributed by atoms with Crippen molar-refractivity contribution in [2.45, 2.75) is 19.9 Å². The molecule has 0 spiro atoms. The summed E-state index contributed by atoms with van der Waals surface area (Å²) < 4.78 is 5.10. The van der Waals surface area contributed by atoms with Crippen LogP contribution in [0.2, 0.25) is 0 Å². The summed E-state index contributed by atoms with van der Waals surface area (Å²) in [5.41, 5.74) is 1.88. The van der Waals surface area contributed by atoms with Crippen molar-refractivity contribution in [3.05, 3.63) is 88.7 Å². The Labute approximate surface area is 172 Å². The number of furan rings is 1. The predicted octanol–water partition coefficient (Wildman–Crippen LogP) is 5.55. The zero-order valence-corrected chi connectivity index (χ0v) is 16.9. The van der Waals surface area contributed by atoms with Crippen molar-refractivity contribution in [3.63, 3.8) is 0 Å². The van der Waals surface area contributed by atoms with Crippen LogP contribution in [0.3, 0.4) is 0 Å². The maximum absolute atomic E-state index is 12.9. The third-order valence-corrected chi connectivity index (χ3v) is 5.89. The lowest BCUT2D eigenvalue weighted by atomic mass is 9.99. The first-order valence-corrected chi connectivity index (χ1v) is 10.1. The number of anilines is 1. The van der Waals surface area contributed by atoms with Crippen molar-refractivity contribution in [1.82, 2.24) is 5.32 Å². The normalized spacial score (nSPS) is 11.9. The molecule has 1 unspecified atom stereocenters. The Morgan fingerprint density at radius 2 is 1.79 bits per heavy atom. The maximum atomic E-state index is 12.9. The Morgan fingerprint density at radius 3 is 2.59 bits per heavy atom. The number of thiophene rings is 1. The minimum absolute atomic E-state index is 0.156. The van der Waals surface area contributed by atoms with Gasteiger partial charge in [0.1, 0.15) is 0 Å². The summed E-state index contributed by atoms with van der Waals surface area (Å²) in [5, 5.41) is 8.72. The molecule has 6 heteroatoms. The second-order valence-corrected chi connectivity index (χ2v) is 7.87. The summed E-state index contributed by atoms with van der Waals surface area (Å²) >= 11 is 1.25. The molecule has 5 nitrogen and oxygen atoms in total. The summed E-state index contributed by atoms with van der Waals surface area (Å²) in [5.74, 6) is -0.273. The summed E-state index contributed by atoms with van der Waals surface area (Å²) in [4.78, 5) is 25.6. The number of fused-ring (bicyclic) bond motifs is 1. The van der Waals surface area contributed by atoms with E-state index in [1.807, 2.05) is 38.1 Å². The van der Waals surface area contributed by atoms with Gasteiger partial charge >= 0.3 is 0 Å². The van der Waals surface area contributed by atoms with Crippen LogP contribution < -0.4 is 10.6 Å². The molecule has 0 aliphatic heterocycles. The minimum atomic E-state index is -0.340. The topological polar surface area (TPSA) is 71.3 Å². The van der Waals surface area contributed by atoms with Gasteiger partial charge in [-0.05, 0) is 53.9 Å². The van der Waals surface area contributed by atoms with E-state index < -0.39 is 0 Å². The van der Waals surface area contributed by atoms with Gasteiger partial charge in [-0.3, -0.25) is 9.59 Å². The summed E-state index contributed by atoms with van der Waals surface area (Å²) in [6.07, 6.45) is 1.45. The molecule has 2 amide bonds. The molecule has 0 aliphatic carbocycles. The van der Waals surface area contributed by atoms with Gasteiger partial charge in [-0.25, -0.2) is 0 Å². The van der Waals surface area contributed by atoms with Crippen molar-refractivity contribution in [2.75, 3.05) is 5.32 Å². The zero-order valence-electron chi connectivity index (χ0n) is 16.1. The van der Waals surface area contributed by atoms with E-state index in [2.05, 4.69) is 28.8 Å². The number of carbonyl (C=O) groups excluding carboxylic acids is 2. The molecule has 2 heterocycles. The molecule has 0 radical (unpaired) electrons. The predicted molar refractivity (Wildman–Crippen MR) is 116 cm³/mol. The third kappa shape index (κ3) is 3.93. The van der Waals surface area contributed by atoms with Crippen molar-refractivity contribution < 1.29 is 14.0 Å². The fourth-order valence-corrected chi connectivity index (χ4v) is 4.29. The van der Waals surface area contributed by atoms with Gasteiger partial charge in [0.05, 0.1) is 22.2 Å². The van der Waals surface area contributed by atoms with E-state index in [0.29, 0.717) is 9.88 Å². The number of aryl methyl sites for hydroxylation is 1. The maximum Gasteiger partial charge on any atom is 0.291 e. The van der Waals surface area contributed by atoms with Gasteiger partial charge in [-0.2, -0.15) is 0 Å². The van der Waals surface area contributed by atoms with E-state index in [4.69, 9.17) is 4.42 Å². The smallest absolute Gasteiger partial charge is 0.291 e. The standard InChI is InChI=1S/C23H20N2O3S/c1-14-13-20(25-22(26)19-11-6-12-28-19)29-21(14)23(27)24-15(2)17-10-5-8-16-7-3-4-9-18(16)17/h3-13,15H,1-2H3,(H,24,27)(H,25,26). The number of rotatable bonds is 5. The van der Waals surface area contributed by atoms with Crippen LogP contribution >= 0.6 is 11.3 Å². The lowest BCUT2D eigenvalue weighted by Gasteiger charge is -2.16. The molecule has 1 atom stereocenters. The Bertz CT molecular complexity index is 1170. The summed E-state index contributed by atoms with van der Waals surface area (Å²) in [7, 11) is 0. The molecule has 0 saturated carbocycles. The van der Waals surface area contributed by atoms with Crippen LogP contribution in [0.5, 0.6) is 0 Å². The van der Waals surface area contributed by atoms with Gasteiger partial charge in [0, 0.05) is 0 Å². The molecule has 4 aromatic rings. The summed E-state index contributed by atoms with van der Waals surface area (Å²) in [6, 6.07) is 19.1. The molecule has 0 saturated heterocycles. The molecular weight excluding hydrogens is 384 g/mol. The fraction of sp³-hybridized carbons (Fsp3) is 0.130. The first-order valence-electron chi connectivity index (χ1n) is 9.27. The van der Waals surface area contributed by atoms with Crippen LogP contribution in [0.25, 0.3) is 10.8 Å². The molecular formula is C23H20N2O3S. The van der Waals surface area contributed by atoms with E-state index in [0.717, 1.165) is 21.9 Å². The van der Waals surface area contributed by atoms with Gasteiger partial charge < -0.3 is 15.1 Å². The lowest BCUT2D eigenvalue weighted by molar-refractivity contribution is 0.0942. The molecule has 29 heavy (non-hydrogen) atoms. The Balaban J connectivity index is 1.51. The molecule has 4 rings (SSSR count). The molecule has 0 aliphatic rings. The number of nitrogens with one attached hydrogen (secondary N) is 2. The van der Waals surface area contributed by atoms with Crippen LogP contribution in [0.15, 0.2) is 71.3 Å². The largest absolute Gasteiger partial charge is 0.459 e. The first-order chi connectivity index (χ1) is 14.0. The highest BCUT2D eigenvalue weighted by Gasteiger charge is 2.19. The number of hydrogen-bond donors (Lipinski definition) is 2. The van der Waals surface area contributed by atoms with Crippen LogP contribution in [-0.2, 0) is 0 Å². The highest BCUT2D eigenvalue weighted by Crippen LogP contribution is 2.29. The van der Waals surface area contributed by atoms with E-state index in [1.165, 1.54) is 17.6 Å². The van der Waals surface area contributed by atoms with E-state index in [9.17, 15) is 9.59 Å². The molecule has 0 fully saturated rings. The number of benzene rings is 2. The first kappa shape index (κ1) is 19.0. The monoisotopic (exact) mass is 404 g/mol. The SMILES string of the molecule is Cc1cc(NC(=O)c2ccco2)sc1C(=O)NC(C)c1cccc2ccccc12. The average molecular weight is 404 g/mol. The Kier molecular flexibility index (Phi) is 5.18. The Hall–Kier alpha value is -3.38. The highest BCUT2D eigenvalue weighted by molar-refractivity contribution is 7.18. The van der Waals surface area contributed by atoms with E-state index in [1.54, 1.807) is 18.2 Å². The molecule has 0 bridgehead atoms. The van der Waals surface area contributed by atoms with Crippen LogP contribution in [0.1, 0.15) is 44.3 Å². The quantitative estimate of drug-likeness (QED) is 0.458. The molecule has 2 aromatic carbocycles. The van der Waals surface area contributed by atoms with Crippen LogP contribution in [-0.4, -0.2) is 11.8 Å². The fourth-order valence-electron chi connectivity index (χ4n) is 3.32. The summed E-state index contributed by atoms with van der Waals surface area (Å²) in [6.45, 7) is 3.83.